The lowest BCUT2D eigenvalue weighted by Crippen LogP contribution is -2.54. The Morgan fingerprint density at radius 3 is 1.88 bits per heavy atom. The molecule has 0 aliphatic rings. The highest BCUT2D eigenvalue weighted by Crippen LogP contribution is 2.27. The van der Waals surface area contributed by atoms with E-state index in [0.29, 0.717) is 0 Å². The standard InChI is InChI=1S/C12H22N4/c1-5-10(15)11(12(2,3)4)16(8-6-13)9-7-14/h10-11H,5,8-9,15H2,1-4H3. The molecule has 0 aromatic rings. The molecule has 0 aromatic heterocycles. The van der Waals surface area contributed by atoms with Crippen molar-refractivity contribution in [2.45, 2.75) is 46.2 Å². The van der Waals surface area contributed by atoms with Crippen molar-refractivity contribution < 1.29 is 0 Å². The summed E-state index contributed by atoms with van der Waals surface area (Å²) in [6.45, 7) is 8.81. The minimum atomic E-state index is -0.0386. The molecule has 2 unspecified atom stereocenters. The zero-order chi connectivity index (χ0) is 12.8. The zero-order valence-corrected chi connectivity index (χ0v) is 10.7. The van der Waals surface area contributed by atoms with Gasteiger partial charge < -0.3 is 5.73 Å². The van der Waals surface area contributed by atoms with Crippen LogP contribution in [0.25, 0.3) is 0 Å². The summed E-state index contributed by atoms with van der Waals surface area (Å²) in [7, 11) is 0. The van der Waals surface area contributed by atoms with Gasteiger partial charge in [-0.25, -0.2) is 0 Å². The van der Waals surface area contributed by atoms with E-state index in [1.807, 2.05) is 11.8 Å². The fourth-order valence-corrected chi connectivity index (χ4v) is 2.12. The molecule has 0 aliphatic heterocycles. The van der Waals surface area contributed by atoms with E-state index in [9.17, 15) is 0 Å². The Balaban J connectivity index is 4.99. The highest BCUT2D eigenvalue weighted by atomic mass is 15.2. The van der Waals surface area contributed by atoms with Gasteiger partial charge in [-0.1, -0.05) is 27.7 Å². The first-order valence-electron chi connectivity index (χ1n) is 5.62. The molecule has 2 N–H and O–H groups in total. The van der Waals surface area contributed by atoms with Crippen LogP contribution in [0.1, 0.15) is 34.1 Å². The molecule has 0 aromatic carbocycles. The maximum Gasteiger partial charge on any atom is 0.0877 e. The monoisotopic (exact) mass is 222 g/mol. The van der Waals surface area contributed by atoms with E-state index in [1.54, 1.807) is 0 Å². The number of nitriles is 2. The quantitative estimate of drug-likeness (QED) is 0.715. The summed E-state index contributed by atoms with van der Waals surface area (Å²) in [6.07, 6.45) is 0.843. The molecule has 16 heavy (non-hydrogen) atoms. The average Bonchev–Trinajstić information content (AvgIpc) is 2.16. The topological polar surface area (TPSA) is 76.8 Å². The lowest BCUT2D eigenvalue weighted by atomic mass is 9.80. The van der Waals surface area contributed by atoms with E-state index in [0.717, 1.165) is 6.42 Å². The number of hydrogen-bond acceptors (Lipinski definition) is 4. The molecular weight excluding hydrogens is 200 g/mol. The van der Waals surface area contributed by atoms with Gasteiger partial charge in [0.05, 0.1) is 25.2 Å². The first-order valence-corrected chi connectivity index (χ1v) is 5.62. The van der Waals surface area contributed by atoms with Crippen LogP contribution in [0.2, 0.25) is 0 Å². The second-order valence-electron chi connectivity index (χ2n) is 5.10. The number of nitrogens with zero attached hydrogens (tertiary/aromatic N) is 3. The van der Waals surface area contributed by atoms with E-state index < -0.39 is 0 Å². The van der Waals surface area contributed by atoms with Gasteiger partial charge in [0.1, 0.15) is 0 Å². The Hall–Kier alpha value is -1.10. The van der Waals surface area contributed by atoms with Crippen LogP contribution in [0, 0.1) is 28.1 Å². The van der Waals surface area contributed by atoms with Crippen LogP contribution in [0.15, 0.2) is 0 Å². The summed E-state index contributed by atoms with van der Waals surface area (Å²) in [4.78, 5) is 1.87. The van der Waals surface area contributed by atoms with Gasteiger partial charge in [-0.05, 0) is 11.8 Å². The number of rotatable bonds is 5. The van der Waals surface area contributed by atoms with Crippen LogP contribution in [-0.4, -0.2) is 30.1 Å². The molecule has 0 aliphatic carbocycles. The van der Waals surface area contributed by atoms with Gasteiger partial charge in [0.15, 0.2) is 0 Å². The third-order valence-corrected chi connectivity index (χ3v) is 2.71. The molecule has 0 spiro atoms. The molecule has 90 valence electrons. The van der Waals surface area contributed by atoms with Crippen molar-refractivity contribution in [3.05, 3.63) is 0 Å². The molecule has 2 atom stereocenters. The van der Waals surface area contributed by atoms with Crippen molar-refractivity contribution in [3.63, 3.8) is 0 Å². The molecular formula is C12H22N4. The lowest BCUT2D eigenvalue weighted by Gasteiger charge is -2.41. The normalized spacial score (nSPS) is 15.2. The summed E-state index contributed by atoms with van der Waals surface area (Å²) in [6, 6.07) is 4.25. The minimum Gasteiger partial charge on any atom is -0.326 e. The summed E-state index contributed by atoms with van der Waals surface area (Å²) in [5, 5.41) is 17.6. The van der Waals surface area contributed by atoms with Crippen LogP contribution in [0.5, 0.6) is 0 Å². The van der Waals surface area contributed by atoms with Crippen LogP contribution < -0.4 is 5.73 Å². The smallest absolute Gasteiger partial charge is 0.0877 e. The van der Waals surface area contributed by atoms with Gasteiger partial charge in [0.25, 0.3) is 0 Å². The predicted molar refractivity (Wildman–Crippen MR) is 64.3 cm³/mol. The Labute approximate surface area is 98.6 Å². The van der Waals surface area contributed by atoms with Crippen molar-refractivity contribution in [2.75, 3.05) is 13.1 Å². The zero-order valence-electron chi connectivity index (χ0n) is 10.7. The van der Waals surface area contributed by atoms with E-state index in [4.69, 9.17) is 16.3 Å². The van der Waals surface area contributed by atoms with E-state index >= 15 is 0 Å². The molecule has 0 rings (SSSR count). The largest absolute Gasteiger partial charge is 0.326 e. The van der Waals surface area contributed by atoms with Gasteiger partial charge in [-0.3, -0.25) is 4.90 Å². The molecule has 4 heteroatoms. The predicted octanol–water partition coefficient (Wildman–Crippen LogP) is 1.49. The van der Waals surface area contributed by atoms with Gasteiger partial charge in [-0.2, -0.15) is 10.5 Å². The van der Waals surface area contributed by atoms with Crippen molar-refractivity contribution in [2.24, 2.45) is 11.1 Å². The molecule has 0 bridgehead atoms. The fraction of sp³-hybridized carbons (Fsp3) is 0.833. The van der Waals surface area contributed by atoms with E-state index in [1.165, 1.54) is 0 Å². The summed E-state index contributed by atoms with van der Waals surface area (Å²) in [5.74, 6) is 0. The Kier molecular flexibility index (Phi) is 6.03. The van der Waals surface area contributed by atoms with Gasteiger partial charge >= 0.3 is 0 Å². The maximum atomic E-state index is 8.79. The van der Waals surface area contributed by atoms with Crippen LogP contribution in [0.3, 0.4) is 0 Å². The second kappa shape index (κ2) is 6.48. The second-order valence-corrected chi connectivity index (χ2v) is 5.10. The molecule has 0 fully saturated rings. The van der Waals surface area contributed by atoms with Gasteiger partial charge in [-0.15, -0.1) is 0 Å². The van der Waals surface area contributed by atoms with Gasteiger partial charge in [0, 0.05) is 12.1 Å². The summed E-state index contributed by atoms with van der Waals surface area (Å²) < 4.78 is 0. The average molecular weight is 222 g/mol. The van der Waals surface area contributed by atoms with Crippen molar-refractivity contribution in [1.82, 2.24) is 4.90 Å². The van der Waals surface area contributed by atoms with Crippen LogP contribution >= 0.6 is 0 Å². The highest BCUT2D eigenvalue weighted by molar-refractivity contribution is 4.96. The molecule has 4 nitrogen and oxygen atoms in total. The number of hydrogen-bond donors (Lipinski definition) is 1. The lowest BCUT2D eigenvalue weighted by molar-refractivity contribution is 0.0999. The first-order chi connectivity index (χ1) is 7.38. The summed E-state index contributed by atoms with van der Waals surface area (Å²) >= 11 is 0. The fourth-order valence-electron chi connectivity index (χ4n) is 2.12. The summed E-state index contributed by atoms with van der Waals surface area (Å²) in [5.41, 5.74) is 6.07. The molecule has 0 radical (unpaired) electrons. The molecule has 0 heterocycles. The molecule has 0 amide bonds. The third-order valence-electron chi connectivity index (χ3n) is 2.71. The molecule has 0 saturated heterocycles. The van der Waals surface area contributed by atoms with Crippen molar-refractivity contribution >= 4 is 0 Å². The van der Waals surface area contributed by atoms with Gasteiger partial charge in [0.2, 0.25) is 0 Å². The Morgan fingerprint density at radius 1 is 1.19 bits per heavy atom. The van der Waals surface area contributed by atoms with Crippen molar-refractivity contribution in [3.8, 4) is 12.1 Å². The van der Waals surface area contributed by atoms with E-state index in [2.05, 4.69) is 32.9 Å². The van der Waals surface area contributed by atoms with E-state index in [-0.39, 0.29) is 30.6 Å². The highest BCUT2D eigenvalue weighted by Gasteiger charge is 2.34. The third kappa shape index (κ3) is 4.18. The van der Waals surface area contributed by atoms with Crippen LogP contribution in [0.4, 0.5) is 0 Å². The maximum absolute atomic E-state index is 8.79. The minimum absolute atomic E-state index is 0.0123. The molecule has 0 saturated carbocycles. The Morgan fingerprint density at radius 2 is 1.62 bits per heavy atom. The number of nitrogens with two attached hydrogens (primary N) is 1. The first kappa shape index (κ1) is 14.9. The van der Waals surface area contributed by atoms with Crippen molar-refractivity contribution in [1.29, 1.82) is 10.5 Å². The van der Waals surface area contributed by atoms with Crippen LogP contribution in [-0.2, 0) is 0 Å². The SMILES string of the molecule is CCC(N)C(N(CC#N)CC#N)C(C)(C)C. The Bertz CT molecular complexity index is 263.